The molecule has 86 valence electrons. The predicted molar refractivity (Wildman–Crippen MR) is 52.0 cm³/mol. The second-order valence-electron chi connectivity index (χ2n) is 4.11. The van der Waals surface area contributed by atoms with Crippen molar-refractivity contribution in [3.8, 4) is 0 Å². The fourth-order valence-corrected chi connectivity index (χ4v) is 1.80. The molecule has 2 unspecified atom stereocenters. The molecule has 1 fully saturated rings. The highest BCUT2D eigenvalue weighted by Gasteiger charge is 2.38. The predicted octanol–water partition coefficient (Wildman–Crippen LogP) is -1.23. The van der Waals surface area contributed by atoms with E-state index in [4.69, 9.17) is 10.8 Å². The largest absolute Gasteiger partial charge is 0.479 e. The molecule has 1 aliphatic rings. The maximum absolute atomic E-state index is 11.0. The Balaban J connectivity index is 2.65. The number of rotatable bonds is 4. The van der Waals surface area contributed by atoms with Crippen molar-refractivity contribution in [2.45, 2.75) is 31.4 Å². The lowest BCUT2D eigenvalue weighted by Gasteiger charge is -2.28. The van der Waals surface area contributed by atoms with Crippen molar-refractivity contribution in [2.24, 2.45) is 5.73 Å². The summed E-state index contributed by atoms with van der Waals surface area (Å²) in [5.41, 5.74) is 3.34. The Morgan fingerprint density at radius 1 is 1.60 bits per heavy atom. The summed E-state index contributed by atoms with van der Waals surface area (Å²) in [4.78, 5) is 23.3. The number of nitrogens with zero attached hydrogens (tertiary/aromatic N) is 1. The van der Waals surface area contributed by atoms with E-state index in [9.17, 15) is 14.7 Å². The Hall–Kier alpha value is -1.14. The van der Waals surface area contributed by atoms with Gasteiger partial charge in [0.2, 0.25) is 5.91 Å². The summed E-state index contributed by atoms with van der Waals surface area (Å²) < 4.78 is 0. The van der Waals surface area contributed by atoms with Crippen LogP contribution in [0.3, 0.4) is 0 Å². The summed E-state index contributed by atoms with van der Waals surface area (Å²) in [5.74, 6) is -1.76. The van der Waals surface area contributed by atoms with E-state index in [2.05, 4.69) is 0 Å². The molecule has 1 aliphatic heterocycles. The zero-order valence-corrected chi connectivity index (χ0v) is 8.64. The summed E-state index contributed by atoms with van der Waals surface area (Å²) in [6, 6.07) is -0.448. The third-order valence-electron chi connectivity index (χ3n) is 2.66. The molecule has 0 aromatic carbocycles. The minimum atomic E-state index is -1.84. The SMILES string of the molecule is CC(O)(CN1CCCC1C(N)=O)C(=O)O. The van der Waals surface area contributed by atoms with Crippen molar-refractivity contribution in [1.29, 1.82) is 0 Å². The minimum absolute atomic E-state index is 0.0735. The number of carboxylic acid groups (broad SMARTS) is 1. The molecular weight excluding hydrogens is 200 g/mol. The Bertz CT molecular complexity index is 277. The zero-order valence-electron chi connectivity index (χ0n) is 8.64. The topological polar surface area (TPSA) is 104 Å². The number of aliphatic hydroxyl groups is 1. The molecule has 6 nitrogen and oxygen atoms in total. The number of nitrogens with two attached hydrogens (primary N) is 1. The Labute approximate surface area is 87.7 Å². The summed E-state index contributed by atoms with van der Waals surface area (Å²) in [6.45, 7) is 1.73. The highest BCUT2D eigenvalue weighted by Crippen LogP contribution is 2.19. The molecule has 0 aliphatic carbocycles. The number of likely N-dealkylation sites (tertiary alicyclic amines) is 1. The number of amides is 1. The summed E-state index contributed by atoms with van der Waals surface area (Å²) in [7, 11) is 0. The molecule has 2 atom stereocenters. The second-order valence-corrected chi connectivity index (χ2v) is 4.11. The van der Waals surface area contributed by atoms with E-state index in [1.807, 2.05) is 0 Å². The summed E-state index contributed by atoms with van der Waals surface area (Å²) in [6.07, 6.45) is 1.42. The van der Waals surface area contributed by atoms with E-state index in [1.54, 1.807) is 4.90 Å². The van der Waals surface area contributed by atoms with Gasteiger partial charge in [0.15, 0.2) is 5.60 Å². The van der Waals surface area contributed by atoms with Gasteiger partial charge in [-0.2, -0.15) is 0 Å². The number of aliphatic carboxylic acids is 1. The lowest BCUT2D eigenvalue weighted by Crippen LogP contribution is -2.51. The molecule has 0 saturated carbocycles. The van der Waals surface area contributed by atoms with Gasteiger partial charge < -0.3 is 15.9 Å². The Kier molecular flexibility index (Phi) is 3.31. The van der Waals surface area contributed by atoms with Crippen LogP contribution in [0.2, 0.25) is 0 Å². The van der Waals surface area contributed by atoms with Gasteiger partial charge in [-0.05, 0) is 26.3 Å². The van der Waals surface area contributed by atoms with Gasteiger partial charge in [-0.25, -0.2) is 4.79 Å². The molecule has 1 heterocycles. The molecule has 1 rings (SSSR count). The van der Waals surface area contributed by atoms with Gasteiger partial charge in [0.1, 0.15) is 0 Å². The molecule has 0 spiro atoms. The van der Waals surface area contributed by atoms with Crippen molar-refractivity contribution >= 4 is 11.9 Å². The first-order valence-electron chi connectivity index (χ1n) is 4.84. The van der Waals surface area contributed by atoms with Crippen LogP contribution in [-0.4, -0.2) is 51.7 Å². The van der Waals surface area contributed by atoms with Gasteiger partial charge in [-0.15, -0.1) is 0 Å². The number of hydrogen-bond acceptors (Lipinski definition) is 4. The first-order chi connectivity index (χ1) is 6.84. The average Bonchev–Trinajstić information content (AvgIpc) is 2.51. The molecule has 1 amide bonds. The molecule has 15 heavy (non-hydrogen) atoms. The van der Waals surface area contributed by atoms with E-state index in [1.165, 1.54) is 6.92 Å². The molecule has 0 aromatic heterocycles. The standard InChI is InChI=1S/C9H16N2O4/c1-9(15,8(13)14)5-11-4-2-3-6(11)7(10)12/h6,15H,2-5H2,1H3,(H2,10,12)(H,13,14). The monoisotopic (exact) mass is 216 g/mol. The fourth-order valence-electron chi connectivity index (χ4n) is 1.80. The van der Waals surface area contributed by atoms with E-state index in [0.29, 0.717) is 13.0 Å². The number of carbonyl (C=O) groups excluding carboxylic acids is 1. The van der Waals surface area contributed by atoms with Crippen LogP contribution in [0, 0.1) is 0 Å². The maximum atomic E-state index is 11.0. The molecule has 6 heteroatoms. The van der Waals surface area contributed by atoms with Crippen molar-refractivity contribution in [1.82, 2.24) is 4.90 Å². The summed E-state index contributed by atoms with van der Waals surface area (Å²) in [5, 5.41) is 18.3. The number of primary amides is 1. The normalized spacial score (nSPS) is 26.1. The molecule has 0 bridgehead atoms. The third-order valence-corrected chi connectivity index (χ3v) is 2.66. The van der Waals surface area contributed by atoms with Crippen molar-refractivity contribution in [2.75, 3.05) is 13.1 Å². The van der Waals surface area contributed by atoms with E-state index in [-0.39, 0.29) is 6.54 Å². The van der Waals surface area contributed by atoms with Gasteiger partial charge in [-0.3, -0.25) is 9.69 Å². The van der Waals surface area contributed by atoms with Crippen LogP contribution in [0.15, 0.2) is 0 Å². The highest BCUT2D eigenvalue weighted by molar-refractivity contribution is 5.80. The second kappa shape index (κ2) is 4.16. The van der Waals surface area contributed by atoms with Crippen molar-refractivity contribution < 1.29 is 19.8 Å². The van der Waals surface area contributed by atoms with E-state index >= 15 is 0 Å². The average molecular weight is 216 g/mol. The van der Waals surface area contributed by atoms with Gasteiger partial charge in [0, 0.05) is 6.54 Å². The Morgan fingerprint density at radius 2 is 2.20 bits per heavy atom. The molecule has 0 aromatic rings. The lowest BCUT2D eigenvalue weighted by atomic mass is 10.1. The highest BCUT2D eigenvalue weighted by atomic mass is 16.4. The maximum Gasteiger partial charge on any atom is 0.336 e. The number of carboxylic acids is 1. The summed E-state index contributed by atoms with van der Waals surface area (Å²) >= 11 is 0. The van der Waals surface area contributed by atoms with Crippen LogP contribution >= 0.6 is 0 Å². The molecule has 1 saturated heterocycles. The van der Waals surface area contributed by atoms with Crippen LogP contribution in [0.25, 0.3) is 0 Å². The lowest BCUT2D eigenvalue weighted by molar-refractivity contribution is -0.159. The van der Waals surface area contributed by atoms with Gasteiger partial charge >= 0.3 is 5.97 Å². The number of carbonyl (C=O) groups is 2. The van der Waals surface area contributed by atoms with Gasteiger partial charge in [0.25, 0.3) is 0 Å². The van der Waals surface area contributed by atoms with Crippen molar-refractivity contribution in [3.63, 3.8) is 0 Å². The molecule has 4 N–H and O–H groups in total. The zero-order chi connectivity index (χ0) is 11.6. The molecular formula is C9H16N2O4. The smallest absolute Gasteiger partial charge is 0.336 e. The minimum Gasteiger partial charge on any atom is -0.479 e. The van der Waals surface area contributed by atoms with Crippen molar-refractivity contribution in [3.05, 3.63) is 0 Å². The number of β-amino-alcohol motifs (C(OH)–C–C–N with tert-alkyl or cyclic N) is 1. The van der Waals surface area contributed by atoms with E-state index in [0.717, 1.165) is 6.42 Å². The molecule has 0 radical (unpaired) electrons. The van der Waals surface area contributed by atoms with Crippen LogP contribution < -0.4 is 5.73 Å². The Morgan fingerprint density at radius 3 is 2.67 bits per heavy atom. The first kappa shape index (κ1) is 11.9. The van der Waals surface area contributed by atoms with Gasteiger partial charge in [-0.1, -0.05) is 0 Å². The van der Waals surface area contributed by atoms with Gasteiger partial charge in [0.05, 0.1) is 6.04 Å². The van der Waals surface area contributed by atoms with Crippen LogP contribution in [0.5, 0.6) is 0 Å². The van der Waals surface area contributed by atoms with Crippen LogP contribution in [0.4, 0.5) is 0 Å². The third kappa shape index (κ3) is 2.66. The fraction of sp³-hybridized carbons (Fsp3) is 0.778. The van der Waals surface area contributed by atoms with Crippen LogP contribution in [-0.2, 0) is 9.59 Å². The van der Waals surface area contributed by atoms with Crippen LogP contribution in [0.1, 0.15) is 19.8 Å². The van der Waals surface area contributed by atoms with E-state index < -0.39 is 23.5 Å². The quantitative estimate of drug-likeness (QED) is 0.546. The number of hydrogen-bond donors (Lipinski definition) is 3. The first-order valence-corrected chi connectivity index (χ1v) is 4.84.